The maximum Gasteiger partial charge on any atom is 0.272 e. The highest BCUT2D eigenvalue weighted by Gasteiger charge is 2.33. The van der Waals surface area contributed by atoms with Crippen LogP contribution in [0.1, 0.15) is 29.8 Å². The summed E-state index contributed by atoms with van der Waals surface area (Å²) in [7, 11) is 0. The van der Waals surface area contributed by atoms with E-state index < -0.39 is 0 Å². The van der Waals surface area contributed by atoms with Crippen LogP contribution in [0.4, 0.5) is 0 Å². The molecule has 2 aliphatic rings. The van der Waals surface area contributed by atoms with Crippen molar-refractivity contribution < 1.29 is 9.90 Å². The summed E-state index contributed by atoms with van der Waals surface area (Å²) in [4.78, 5) is 34.2. The number of nitrogens with zero attached hydrogens (tertiary/aromatic N) is 3. The van der Waals surface area contributed by atoms with E-state index in [0.29, 0.717) is 19.5 Å². The Balaban J connectivity index is 1.67. The molecule has 22 heavy (non-hydrogen) atoms. The molecule has 0 spiro atoms. The van der Waals surface area contributed by atoms with Gasteiger partial charge >= 0.3 is 0 Å². The third-order valence-electron chi connectivity index (χ3n) is 4.43. The van der Waals surface area contributed by atoms with Crippen molar-refractivity contribution in [2.75, 3.05) is 32.8 Å². The minimum Gasteiger partial charge on any atom is -0.396 e. The SMILES string of the molecule is O=C(c1cncc(=O)[nH]1)N1CCN(CC2CC2)[C@@H](CCO)C1. The van der Waals surface area contributed by atoms with Gasteiger partial charge in [0.2, 0.25) is 0 Å². The topological polar surface area (TPSA) is 89.5 Å². The van der Waals surface area contributed by atoms with Gasteiger partial charge in [-0.15, -0.1) is 0 Å². The predicted molar refractivity (Wildman–Crippen MR) is 80.5 cm³/mol. The fraction of sp³-hybridized carbons (Fsp3) is 0.667. The standard InChI is InChI=1S/C15H22N4O3/c20-6-3-12-10-19(5-4-18(12)9-11-1-2-11)15(22)13-7-16-8-14(21)17-13/h7-8,11-12,20H,1-6,9-10H2,(H,17,21)/t12-/m0/s1. The van der Waals surface area contributed by atoms with Gasteiger partial charge in [-0.2, -0.15) is 0 Å². The number of amides is 1. The normalized spacial score (nSPS) is 22.8. The van der Waals surface area contributed by atoms with E-state index >= 15 is 0 Å². The third kappa shape index (κ3) is 3.53. The largest absolute Gasteiger partial charge is 0.396 e. The first-order valence-corrected chi connectivity index (χ1v) is 7.86. The Morgan fingerprint density at radius 3 is 2.86 bits per heavy atom. The molecule has 1 saturated heterocycles. The Morgan fingerprint density at radius 2 is 2.18 bits per heavy atom. The van der Waals surface area contributed by atoms with Crippen molar-refractivity contribution in [3.8, 4) is 0 Å². The number of hydrogen-bond acceptors (Lipinski definition) is 5. The second-order valence-corrected chi connectivity index (χ2v) is 6.17. The number of carbonyl (C=O) groups is 1. The Kier molecular flexibility index (Phi) is 4.54. The van der Waals surface area contributed by atoms with E-state index in [1.165, 1.54) is 19.0 Å². The molecule has 0 unspecified atom stereocenters. The molecule has 2 fully saturated rings. The van der Waals surface area contributed by atoms with Gasteiger partial charge in [0.25, 0.3) is 11.5 Å². The van der Waals surface area contributed by atoms with Crippen LogP contribution in [0, 0.1) is 5.92 Å². The molecule has 1 aliphatic carbocycles. The van der Waals surface area contributed by atoms with Crippen molar-refractivity contribution in [2.24, 2.45) is 5.92 Å². The van der Waals surface area contributed by atoms with E-state index in [4.69, 9.17) is 0 Å². The van der Waals surface area contributed by atoms with E-state index in [9.17, 15) is 14.7 Å². The molecular formula is C15H22N4O3. The molecule has 7 nitrogen and oxygen atoms in total. The fourth-order valence-electron chi connectivity index (χ4n) is 3.03. The number of H-pyrrole nitrogens is 1. The van der Waals surface area contributed by atoms with Crippen LogP contribution in [-0.2, 0) is 0 Å². The lowest BCUT2D eigenvalue weighted by Crippen LogP contribution is -2.55. The molecule has 2 heterocycles. The van der Waals surface area contributed by atoms with Gasteiger partial charge in [0.1, 0.15) is 5.69 Å². The maximum atomic E-state index is 12.5. The highest BCUT2D eigenvalue weighted by Crippen LogP contribution is 2.31. The summed E-state index contributed by atoms with van der Waals surface area (Å²) in [5.41, 5.74) is -0.143. The summed E-state index contributed by atoms with van der Waals surface area (Å²) < 4.78 is 0. The van der Waals surface area contributed by atoms with Crippen LogP contribution in [0.5, 0.6) is 0 Å². The van der Waals surface area contributed by atoms with Gasteiger partial charge in [-0.3, -0.25) is 19.5 Å². The first-order chi connectivity index (χ1) is 10.7. The quantitative estimate of drug-likeness (QED) is 0.779. The lowest BCUT2D eigenvalue weighted by Gasteiger charge is -2.41. The number of rotatable bonds is 5. The Bertz CT molecular complexity index is 584. The Hall–Kier alpha value is -1.73. The summed E-state index contributed by atoms with van der Waals surface area (Å²) in [6, 6.07) is 0.187. The Labute approximate surface area is 129 Å². The number of nitrogens with one attached hydrogen (secondary N) is 1. The predicted octanol–water partition coefficient (Wildman–Crippen LogP) is -0.311. The maximum absolute atomic E-state index is 12.5. The van der Waals surface area contributed by atoms with Crippen molar-refractivity contribution in [2.45, 2.75) is 25.3 Å². The molecule has 1 saturated carbocycles. The number of aromatic nitrogens is 2. The number of aromatic amines is 1. The number of carbonyl (C=O) groups excluding carboxylic acids is 1. The molecule has 7 heteroatoms. The lowest BCUT2D eigenvalue weighted by atomic mass is 10.1. The molecule has 0 bridgehead atoms. The first kappa shape index (κ1) is 15.2. The van der Waals surface area contributed by atoms with Gasteiger partial charge in [-0.05, 0) is 25.2 Å². The number of aliphatic hydroxyl groups is 1. The zero-order valence-corrected chi connectivity index (χ0v) is 12.6. The third-order valence-corrected chi connectivity index (χ3v) is 4.43. The van der Waals surface area contributed by atoms with Crippen LogP contribution in [0.15, 0.2) is 17.2 Å². The average molecular weight is 306 g/mol. The van der Waals surface area contributed by atoms with Crippen LogP contribution < -0.4 is 5.56 Å². The number of piperazine rings is 1. The first-order valence-electron chi connectivity index (χ1n) is 7.86. The van der Waals surface area contributed by atoms with E-state index in [1.54, 1.807) is 4.90 Å². The molecule has 0 radical (unpaired) electrons. The molecule has 1 aromatic heterocycles. The van der Waals surface area contributed by atoms with Gasteiger partial charge in [0, 0.05) is 38.8 Å². The zero-order chi connectivity index (χ0) is 15.5. The zero-order valence-electron chi connectivity index (χ0n) is 12.6. The second-order valence-electron chi connectivity index (χ2n) is 6.17. The molecule has 0 aromatic carbocycles. The van der Waals surface area contributed by atoms with Crippen molar-refractivity contribution in [1.82, 2.24) is 19.8 Å². The van der Waals surface area contributed by atoms with Crippen LogP contribution in [0.2, 0.25) is 0 Å². The smallest absolute Gasteiger partial charge is 0.272 e. The summed E-state index contributed by atoms with van der Waals surface area (Å²) in [6.45, 7) is 3.23. The van der Waals surface area contributed by atoms with Crippen molar-refractivity contribution in [3.63, 3.8) is 0 Å². The molecule has 1 atom stereocenters. The fourth-order valence-corrected chi connectivity index (χ4v) is 3.03. The summed E-state index contributed by atoms with van der Waals surface area (Å²) in [5, 5.41) is 9.28. The van der Waals surface area contributed by atoms with Gasteiger partial charge in [0.05, 0.1) is 12.4 Å². The van der Waals surface area contributed by atoms with Gasteiger partial charge in [-0.25, -0.2) is 0 Å². The number of aliphatic hydroxyl groups excluding tert-OH is 1. The minimum absolute atomic E-state index is 0.123. The molecular weight excluding hydrogens is 284 g/mol. The summed E-state index contributed by atoms with van der Waals surface area (Å²) >= 11 is 0. The molecule has 3 rings (SSSR count). The van der Waals surface area contributed by atoms with Crippen LogP contribution in [0.25, 0.3) is 0 Å². The monoisotopic (exact) mass is 306 g/mol. The Morgan fingerprint density at radius 1 is 1.36 bits per heavy atom. The number of hydrogen-bond donors (Lipinski definition) is 2. The van der Waals surface area contributed by atoms with Crippen molar-refractivity contribution in [3.05, 3.63) is 28.4 Å². The summed E-state index contributed by atoms with van der Waals surface area (Å²) in [5.74, 6) is 0.595. The molecule has 2 N–H and O–H groups in total. The van der Waals surface area contributed by atoms with E-state index in [2.05, 4.69) is 14.9 Å². The summed E-state index contributed by atoms with van der Waals surface area (Å²) in [6.07, 6.45) is 5.80. The lowest BCUT2D eigenvalue weighted by molar-refractivity contribution is 0.0402. The van der Waals surface area contributed by atoms with Crippen LogP contribution in [-0.4, -0.2) is 69.6 Å². The van der Waals surface area contributed by atoms with E-state index in [0.717, 1.165) is 25.2 Å². The van der Waals surface area contributed by atoms with E-state index in [-0.39, 0.29) is 29.8 Å². The van der Waals surface area contributed by atoms with Gasteiger partial charge in [0.15, 0.2) is 0 Å². The van der Waals surface area contributed by atoms with Gasteiger partial charge < -0.3 is 15.0 Å². The minimum atomic E-state index is -0.370. The second kappa shape index (κ2) is 6.58. The van der Waals surface area contributed by atoms with Gasteiger partial charge in [-0.1, -0.05) is 0 Å². The van der Waals surface area contributed by atoms with Crippen LogP contribution >= 0.6 is 0 Å². The van der Waals surface area contributed by atoms with Crippen LogP contribution in [0.3, 0.4) is 0 Å². The highest BCUT2D eigenvalue weighted by atomic mass is 16.3. The van der Waals surface area contributed by atoms with E-state index in [1.807, 2.05) is 0 Å². The van der Waals surface area contributed by atoms with Crippen molar-refractivity contribution in [1.29, 1.82) is 0 Å². The molecule has 1 amide bonds. The highest BCUT2D eigenvalue weighted by molar-refractivity contribution is 5.92. The van der Waals surface area contributed by atoms with Crippen molar-refractivity contribution >= 4 is 5.91 Å². The average Bonchev–Trinajstić information content (AvgIpc) is 3.32. The molecule has 1 aliphatic heterocycles. The molecule has 120 valence electrons. The molecule has 1 aromatic rings.